The lowest BCUT2D eigenvalue weighted by Crippen LogP contribution is -2.37. The molecule has 0 atom stereocenters. The van der Waals surface area contributed by atoms with E-state index in [2.05, 4.69) is 5.10 Å². The van der Waals surface area contributed by atoms with Gasteiger partial charge in [0.1, 0.15) is 5.69 Å². The molecule has 2 rings (SSSR count). The lowest BCUT2D eigenvalue weighted by Gasteiger charge is -2.21. The molecule has 0 bridgehead atoms. The minimum absolute atomic E-state index is 0.00100. The number of carbonyl (C=O) groups is 2. The molecule has 1 amide bonds. The lowest BCUT2D eigenvalue weighted by atomic mass is 10.3. The average molecular weight is 308 g/mol. The van der Waals surface area contributed by atoms with Gasteiger partial charge in [-0.05, 0) is 26.3 Å². The quantitative estimate of drug-likeness (QED) is 0.755. The van der Waals surface area contributed by atoms with Gasteiger partial charge in [0.25, 0.3) is 5.91 Å². The summed E-state index contributed by atoms with van der Waals surface area (Å²) in [5.41, 5.74) is 1.45. The van der Waals surface area contributed by atoms with Crippen LogP contribution in [0.4, 0.5) is 0 Å². The van der Waals surface area contributed by atoms with E-state index in [-0.39, 0.29) is 11.9 Å². The third-order valence-electron chi connectivity index (χ3n) is 3.75. The third-order valence-corrected chi connectivity index (χ3v) is 3.75. The van der Waals surface area contributed by atoms with Crippen LogP contribution >= 0.6 is 0 Å². The molecule has 0 unspecified atom stereocenters. The smallest absolute Gasteiger partial charge is 0.320 e. The molecule has 0 radical (unpaired) electrons. The predicted molar refractivity (Wildman–Crippen MR) is 81.5 cm³/mol. The zero-order valence-corrected chi connectivity index (χ0v) is 13.5. The van der Waals surface area contributed by atoms with E-state index >= 15 is 0 Å². The van der Waals surface area contributed by atoms with Gasteiger partial charge in [-0.15, -0.1) is 0 Å². The summed E-state index contributed by atoms with van der Waals surface area (Å²) in [6.07, 6.45) is 0.849. The van der Waals surface area contributed by atoms with Crippen LogP contribution in [0.2, 0.25) is 0 Å². The van der Waals surface area contributed by atoms with Crippen molar-refractivity contribution >= 4 is 11.9 Å². The molecule has 2 heterocycles. The van der Waals surface area contributed by atoms with E-state index in [0.29, 0.717) is 38.5 Å². The van der Waals surface area contributed by atoms with Crippen LogP contribution in [0, 0.1) is 6.92 Å². The van der Waals surface area contributed by atoms with E-state index in [9.17, 15) is 9.59 Å². The first-order valence-corrected chi connectivity index (χ1v) is 7.69. The van der Waals surface area contributed by atoms with Crippen molar-refractivity contribution in [2.75, 3.05) is 39.3 Å². The highest BCUT2D eigenvalue weighted by Gasteiger charge is 2.23. The van der Waals surface area contributed by atoms with Gasteiger partial charge in [-0.3, -0.25) is 19.2 Å². The fourth-order valence-electron chi connectivity index (χ4n) is 2.69. The number of ether oxygens (including phenoxy) is 1. The zero-order valence-electron chi connectivity index (χ0n) is 13.5. The number of carbonyl (C=O) groups excluding carboxylic acids is 2. The molecule has 1 aliphatic rings. The van der Waals surface area contributed by atoms with Crippen LogP contribution in [-0.4, -0.2) is 70.8 Å². The Labute approximate surface area is 130 Å². The maximum Gasteiger partial charge on any atom is 0.320 e. The highest BCUT2D eigenvalue weighted by Crippen LogP contribution is 2.10. The summed E-state index contributed by atoms with van der Waals surface area (Å²) in [6.45, 7) is 7.16. The second-order valence-electron chi connectivity index (χ2n) is 5.52. The Balaban J connectivity index is 1.94. The highest BCUT2D eigenvalue weighted by atomic mass is 16.5. The van der Waals surface area contributed by atoms with E-state index < -0.39 is 0 Å². The summed E-state index contributed by atoms with van der Waals surface area (Å²) in [5, 5.41) is 4.22. The second-order valence-corrected chi connectivity index (χ2v) is 5.52. The van der Waals surface area contributed by atoms with E-state index in [4.69, 9.17) is 4.74 Å². The standard InChI is InChI=1S/C15H24N4O3/c1-4-22-14(20)11-18-6-5-7-19(9-8-18)15(21)13-10-12(2)16-17(13)3/h10H,4-9,11H2,1-3H3. The Bertz CT molecular complexity index is 541. The molecule has 7 heteroatoms. The first kappa shape index (κ1) is 16.5. The Kier molecular flexibility index (Phi) is 5.54. The SMILES string of the molecule is CCOC(=O)CN1CCCN(C(=O)c2cc(C)nn2C)CC1. The number of amides is 1. The van der Waals surface area contributed by atoms with Crippen molar-refractivity contribution in [2.24, 2.45) is 7.05 Å². The van der Waals surface area contributed by atoms with Crippen molar-refractivity contribution in [1.82, 2.24) is 19.6 Å². The molecule has 0 N–H and O–H groups in total. The maximum atomic E-state index is 12.6. The minimum atomic E-state index is -0.204. The van der Waals surface area contributed by atoms with Gasteiger partial charge in [-0.1, -0.05) is 0 Å². The molecule has 0 aromatic carbocycles. The Morgan fingerprint density at radius 1 is 1.27 bits per heavy atom. The highest BCUT2D eigenvalue weighted by molar-refractivity contribution is 5.92. The van der Waals surface area contributed by atoms with Gasteiger partial charge in [-0.2, -0.15) is 5.10 Å². The third kappa shape index (κ3) is 4.07. The lowest BCUT2D eigenvalue weighted by molar-refractivity contribution is -0.144. The molecule has 1 fully saturated rings. The van der Waals surface area contributed by atoms with Crippen molar-refractivity contribution < 1.29 is 14.3 Å². The van der Waals surface area contributed by atoms with Crippen molar-refractivity contribution in [3.8, 4) is 0 Å². The van der Waals surface area contributed by atoms with Crippen molar-refractivity contribution in [2.45, 2.75) is 20.3 Å². The Morgan fingerprint density at radius 3 is 2.68 bits per heavy atom. The molecular formula is C15H24N4O3. The number of nitrogens with zero attached hydrogens (tertiary/aromatic N) is 4. The Morgan fingerprint density at radius 2 is 2.05 bits per heavy atom. The molecule has 1 aromatic rings. The summed E-state index contributed by atoms with van der Waals surface area (Å²) in [6, 6.07) is 1.81. The number of hydrogen-bond acceptors (Lipinski definition) is 5. The van der Waals surface area contributed by atoms with Crippen LogP contribution in [0.3, 0.4) is 0 Å². The molecule has 0 spiro atoms. The molecule has 1 aromatic heterocycles. The van der Waals surface area contributed by atoms with Crippen LogP contribution < -0.4 is 0 Å². The van der Waals surface area contributed by atoms with E-state index in [0.717, 1.165) is 18.7 Å². The van der Waals surface area contributed by atoms with Crippen LogP contribution in [0.25, 0.3) is 0 Å². The first-order chi connectivity index (χ1) is 10.5. The maximum absolute atomic E-state index is 12.6. The van der Waals surface area contributed by atoms with E-state index in [1.165, 1.54) is 0 Å². The summed E-state index contributed by atoms with van der Waals surface area (Å²) >= 11 is 0. The molecule has 1 saturated heterocycles. The van der Waals surface area contributed by atoms with Crippen LogP contribution in [0.15, 0.2) is 6.07 Å². The number of hydrogen-bond donors (Lipinski definition) is 0. The fraction of sp³-hybridized carbons (Fsp3) is 0.667. The van der Waals surface area contributed by atoms with Crippen LogP contribution in [0.1, 0.15) is 29.5 Å². The molecule has 122 valence electrons. The van der Waals surface area contributed by atoms with Crippen LogP contribution in [-0.2, 0) is 16.6 Å². The van der Waals surface area contributed by atoms with Crippen molar-refractivity contribution in [1.29, 1.82) is 0 Å². The van der Waals surface area contributed by atoms with Crippen LogP contribution in [0.5, 0.6) is 0 Å². The summed E-state index contributed by atoms with van der Waals surface area (Å²) in [4.78, 5) is 28.0. The zero-order chi connectivity index (χ0) is 16.1. The van der Waals surface area contributed by atoms with Gasteiger partial charge >= 0.3 is 5.97 Å². The van der Waals surface area contributed by atoms with Gasteiger partial charge < -0.3 is 9.64 Å². The Hall–Kier alpha value is -1.89. The first-order valence-electron chi connectivity index (χ1n) is 7.69. The van der Waals surface area contributed by atoms with Crippen molar-refractivity contribution in [3.63, 3.8) is 0 Å². The molecule has 22 heavy (non-hydrogen) atoms. The fourth-order valence-corrected chi connectivity index (χ4v) is 2.69. The predicted octanol–water partition coefficient (Wildman–Crippen LogP) is 0.440. The summed E-state index contributed by atoms with van der Waals surface area (Å²) < 4.78 is 6.60. The molecule has 0 aliphatic carbocycles. The van der Waals surface area contributed by atoms with E-state index in [1.807, 2.05) is 22.8 Å². The van der Waals surface area contributed by atoms with Gasteiger partial charge in [0.15, 0.2) is 0 Å². The van der Waals surface area contributed by atoms with Gasteiger partial charge in [-0.25, -0.2) is 0 Å². The second kappa shape index (κ2) is 7.40. The number of aryl methyl sites for hydroxylation is 2. The number of aromatic nitrogens is 2. The van der Waals surface area contributed by atoms with Gasteiger partial charge in [0, 0.05) is 33.2 Å². The molecule has 0 saturated carbocycles. The molecule has 7 nitrogen and oxygen atoms in total. The topological polar surface area (TPSA) is 67.7 Å². The minimum Gasteiger partial charge on any atom is -0.465 e. The van der Waals surface area contributed by atoms with Gasteiger partial charge in [0.2, 0.25) is 0 Å². The van der Waals surface area contributed by atoms with Crippen molar-refractivity contribution in [3.05, 3.63) is 17.5 Å². The average Bonchev–Trinajstić information content (AvgIpc) is 2.67. The summed E-state index contributed by atoms with van der Waals surface area (Å²) in [5.74, 6) is -0.203. The molecule has 1 aliphatic heterocycles. The van der Waals surface area contributed by atoms with E-state index in [1.54, 1.807) is 18.7 Å². The normalized spacial score (nSPS) is 16.4. The molecular weight excluding hydrogens is 284 g/mol. The largest absolute Gasteiger partial charge is 0.465 e. The monoisotopic (exact) mass is 308 g/mol. The van der Waals surface area contributed by atoms with Gasteiger partial charge in [0.05, 0.1) is 18.8 Å². The summed E-state index contributed by atoms with van der Waals surface area (Å²) in [7, 11) is 1.78. The number of esters is 1. The number of rotatable bonds is 4.